The molecule has 42 heavy (non-hydrogen) atoms. The molecule has 242 valence electrons. The van der Waals surface area contributed by atoms with Crippen molar-refractivity contribution in [3.8, 4) is 0 Å². The molecule has 0 bridgehead atoms. The van der Waals surface area contributed by atoms with E-state index in [0.717, 1.165) is 25.9 Å². The zero-order chi connectivity index (χ0) is 31.7. The van der Waals surface area contributed by atoms with Gasteiger partial charge in [-0.3, -0.25) is 14.4 Å². The van der Waals surface area contributed by atoms with E-state index >= 15 is 0 Å². The van der Waals surface area contributed by atoms with Crippen LogP contribution in [-0.2, 0) is 23.9 Å². The molecule has 0 radical (unpaired) electrons. The maximum Gasteiger partial charge on any atom is 0.318 e. The number of nitrogens with one attached hydrogen (secondary N) is 1. The first kappa shape index (κ1) is 35.8. The van der Waals surface area contributed by atoms with Gasteiger partial charge >= 0.3 is 12.0 Å². The molecule has 12 nitrogen and oxygen atoms in total. The van der Waals surface area contributed by atoms with E-state index in [4.69, 9.17) is 9.47 Å². The Kier molecular flexibility index (Phi) is 14.0. The fourth-order valence-corrected chi connectivity index (χ4v) is 6.26. The normalized spacial score (nSPS) is 22.3. The van der Waals surface area contributed by atoms with E-state index in [-0.39, 0.29) is 42.1 Å². The van der Waals surface area contributed by atoms with Crippen molar-refractivity contribution in [1.82, 2.24) is 24.9 Å². The number of likely N-dealkylation sites (tertiary alicyclic amines) is 1. The van der Waals surface area contributed by atoms with Crippen LogP contribution in [0.5, 0.6) is 0 Å². The molecule has 0 aliphatic carbocycles. The molecule has 2 saturated heterocycles. The Bertz CT molecular complexity index is 910. The van der Waals surface area contributed by atoms with Gasteiger partial charge < -0.3 is 39.5 Å². The van der Waals surface area contributed by atoms with E-state index in [1.165, 1.54) is 7.11 Å². The molecule has 12 heteroatoms. The molecule has 2 N–H and O–H groups in total. The zero-order valence-electron chi connectivity index (χ0n) is 27.2. The number of amides is 4. The Morgan fingerprint density at radius 3 is 2.12 bits per heavy atom. The minimum atomic E-state index is -0.965. The average Bonchev–Trinajstić information content (AvgIpc) is 3.44. The van der Waals surface area contributed by atoms with Crippen molar-refractivity contribution in [2.45, 2.75) is 90.6 Å². The molecular weight excluding hydrogens is 542 g/mol. The molecule has 2 fully saturated rings. The Balaban J connectivity index is 2.23. The van der Waals surface area contributed by atoms with Crippen LogP contribution in [0.3, 0.4) is 0 Å². The van der Waals surface area contributed by atoms with Gasteiger partial charge in [-0.25, -0.2) is 4.79 Å². The minimum absolute atomic E-state index is 0.00553. The Hall–Kier alpha value is -2.44. The lowest BCUT2D eigenvalue weighted by Crippen LogP contribution is -2.60. The monoisotopic (exact) mass is 597 g/mol. The van der Waals surface area contributed by atoms with Gasteiger partial charge in [0.05, 0.1) is 36.6 Å². The first-order valence-corrected chi connectivity index (χ1v) is 15.4. The number of nitrogens with zero attached hydrogens (tertiary/aromatic N) is 4. The summed E-state index contributed by atoms with van der Waals surface area (Å²) >= 11 is 0. The van der Waals surface area contributed by atoms with Crippen molar-refractivity contribution in [2.24, 2.45) is 17.8 Å². The molecule has 2 aliphatic rings. The number of rotatable bonds is 14. The number of urea groups is 1. The fourth-order valence-electron chi connectivity index (χ4n) is 6.26. The van der Waals surface area contributed by atoms with Crippen LogP contribution in [0.2, 0.25) is 0 Å². The third kappa shape index (κ3) is 8.79. The molecule has 7 atom stereocenters. The summed E-state index contributed by atoms with van der Waals surface area (Å²) in [5.74, 6) is -2.25. The van der Waals surface area contributed by atoms with Gasteiger partial charge in [0.2, 0.25) is 11.8 Å². The Morgan fingerprint density at radius 1 is 1.00 bits per heavy atom. The van der Waals surface area contributed by atoms with Gasteiger partial charge in [0.25, 0.3) is 0 Å². The third-order valence-corrected chi connectivity index (χ3v) is 9.24. The lowest BCUT2D eigenvalue weighted by atomic mass is 9.89. The lowest BCUT2D eigenvalue weighted by Gasteiger charge is -2.41. The molecule has 4 amide bonds. The Labute approximate surface area is 252 Å². The van der Waals surface area contributed by atoms with Gasteiger partial charge in [0, 0.05) is 54.0 Å². The van der Waals surface area contributed by atoms with Crippen LogP contribution in [-0.4, -0.2) is 140 Å². The summed E-state index contributed by atoms with van der Waals surface area (Å²) in [6.45, 7) is 12.8. The van der Waals surface area contributed by atoms with Gasteiger partial charge in [-0.15, -0.1) is 0 Å². The van der Waals surface area contributed by atoms with Crippen LogP contribution in [0.4, 0.5) is 4.79 Å². The number of carbonyl (C=O) groups is 4. The topological polar surface area (TPSA) is 132 Å². The highest BCUT2D eigenvalue weighted by molar-refractivity contribution is 5.87. The summed E-state index contributed by atoms with van der Waals surface area (Å²) in [5, 5.41) is 12.6. The first-order chi connectivity index (χ1) is 19.8. The van der Waals surface area contributed by atoms with Crippen LogP contribution in [0.1, 0.15) is 60.3 Å². The van der Waals surface area contributed by atoms with Gasteiger partial charge in [0.15, 0.2) is 0 Å². The largest absolute Gasteiger partial charge is 0.481 e. The highest BCUT2D eigenvalue weighted by Crippen LogP contribution is 2.29. The third-order valence-electron chi connectivity index (χ3n) is 9.24. The standard InChI is InChI=1S/C30H55N5O7/c1-10-20(4)26(33(7)28(37)25(19(2)3)31-30(40)34-16-14-32(6)15-17-34)23(41-8)18-24(36)35-13-11-12-22(35)27(42-9)21(5)29(38)39/h19-23,25-27H,10-18H2,1-9H3,(H,31,40)(H,38,39)/t20-,21+,22-,23+,25-,26-,27+/m0/s1. The van der Waals surface area contributed by atoms with Crippen LogP contribution in [0, 0.1) is 17.8 Å². The van der Waals surface area contributed by atoms with E-state index in [0.29, 0.717) is 26.1 Å². The molecule has 2 rings (SSSR count). The van der Waals surface area contributed by atoms with Crippen molar-refractivity contribution in [1.29, 1.82) is 0 Å². The number of aliphatic carboxylic acids is 1. The number of piperazine rings is 1. The molecular formula is C30H55N5O7. The maximum absolute atomic E-state index is 14.0. The molecule has 0 aromatic heterocycles. The van der Waals surface area contributed by atoms with Crippen molar-refractivity contribution >= 4 is 23.8 Å². The predicted octanol–water partition coefficient (Wildman–Crippen LogP) is 1.97. The molecule has 2 aliphatic heterocycles. The molecule has 0 aromatic rings. The van der Waals surface area contributed by atoms with Crippen LogP contribution in [0.15, 0.2) is 0 Å². The van der Waals surface area contributed by atoms with Gasteiger partial charge in [0.1, 0.15) is 6.04 Å². The summed E-state index contributed by atoms with van der Waals surface area (Å²) in [5.41, 5.74) is 0. The van der Waals surface area contributed by atoms with Crippen LogP contribution < -0.4 is 5.32 Å². The van der Waals surface area contributed by atoms with Crippen molar-refractivity contribution in [3.05, 3.63) is 0 Å². The van der Waals surface area contributed by atoms with E-state index < -0.39 is 36.2 Å². The number of likely N-dealkylation sites (N-methyl/N-ethyl adjacent to an activating group) is 2. The quantitative estimate of drug-likeness (QED) is 0.311. The predicted molar refractivity (Wildman–Crippen MR) is 160 cm³/mol. The molecule has 0 unspecified atom stereocenters. The van der Waals surface area contributed by atoms with Gasteiger partial charge in [-0.1, -0.05) is 34.1 Å². The van der Waals surface area contributed by atoms with Crippen molar-refractivity contribution < 1.29 is 33.8 Å². The summed E-state index contributed by atoms with van der Waals surface area (Å²) in [6, 6.07) is -1.74. The second kappa shape index (κ2) is 16.4. The lowest BCUT2D eigenvalue weighted by molar-refractivity contribution is -0.152. The van der Waals surface area contributed by atoms with E-state index in [9.17, 15) is 24.3 Å². The summed E-state index contributed by atoms with van der Waals surface area (Å²) in [4.78, 5) is 59.7. The summed E-state index contributed by atoms with van der Waals surface area (Å²) in [6.07, 6.45) is 0.996. The van der Waals surface area contributed by atoms with E-state index in [1.54, 1.807) is 35.8 Å². The summed E-state index contributed by atoms with van der Waals surface area (Å²) < 4.78 is 11.5. The van der Waals surface area contributed by atoms with Crippen molar-refractivity contribution in [3.63, 3.8) is 0 Å². The number of hydrogen-bond donors (Lipinski definition) is 2. The van der Waals surface area contributed by atoms with Crippen LogP contribution >= 0.6 is 0 Å². The van der Waals surface area contributed by atoms with E-state index in [1.807, 2.05) is 34.7 Å². The second-order valence-corrected chi connectivity index (χ2v) is 12.4. The number of ether oxygens (including phenoxy) is 2. The van der Waals surface area contributed by atoms with Gasteiger partial charge in [-0.05, 0) is 38.6 Å². The number of methoxy groups -OCH3 is 2. The highest BCUT2D eigenvalue weighted by Gasteiger charge is 2.42. The second-order valence-electron chi connectivity index (χ2n) is 12.4. The molecule has 2 heterocycles. The molecule has 0 spiro atoms. The zero-order valence-corrected chi connectivity index (χ0v) is 27.2. The average molecular weight is 598 g/mol. The SMILES string of the molecule is CC[C@H](C)[C@@H]([C@@H](CC(=O)N1CCC[C@H]1[C@H](OC)[C@@H](C)C(=O)O)OC)N(C)C(=O)[C@@H](NC(=O)N1CCN(C)CC1)C(C)C. The maximum atomic E-state index is 14.0. The number of carbonyl (C=O) groups excluding carboxylic acids is 3. The number of carboxylic acid groups (broad SMARTS) is 1. The van der Waals surface area contributed by atoms with Crippen molar-refractivity contribution in [2.75, 3.05) is 61.0 Å². The summed E-state index contributed by atoms with van der Waals surface area (Å²) in [7, 11) is 6.77. The van der Waals surface area contributed by atoms with Gasteiger partial charge in [-0.2, -0.15) is 0 Å². The number of carboxylic acids is 1. The molecule has 0 aromatic carbocycles. The fraction of sp³-hybridized carbons (Fsp3) is 0.867. The first-order valence-electron chi connectivity index (χ1n) is 15.4. The van der Waals surface area contributed by atoms with Crippen LogP contribution in [0.25, 0.3) is 0 Å². The molecule has 0 saturated carbocycles. The van der Waals surface area contributed by atoms with E-state index in [2.05, 4.69) is 10.2 Å². The highest BCUT2D eigenvalue weighted by atomic mass is 16.5. The smallest absolute Gasteiger partial charge is 0.318 e. The Morgan fingerprint density at radius 2 is 1.62 bits per heavy atom. The number of hydrogen-bond acceptors (Lipinski definition) is 7. The minimum Gasteiger partial charge on any atom is -0.481 e.